The van der Waals surface area contributed by atoms with E-state index in [2.05, 4.69) is 6.92 Å². The highest BCUT2D eigenvalue weighted by Gasteiger charge is 2.49. The van der Waals surface area contributed by atoms with Crippen molar-refractivity contribution in [2.75, 3.05) is 26.9 Å². The van der Waals surface area contributed by atoms with Crippen molar-refractivity contribution >= 4 is 16.9 Å². The minimum atomic E-state index is -0.155. The number of furan rings is 1. The summed E-state index contributed by atoms with van der Waals surface area (Å²) in [5.74, 6) is 1.49. The molecule has 1 aliphatic carbocycles. The third kappa shape index (κ3) is 2.57. The molecule has 4 rings (SSSR count). The molecule has 1 aromatic carbocycles. The average Bonchev–Trinajstić information content (AvgIpc) is 3.38. The number of hydrogen-bond acceptors (Lipinski definition) is 4. The number of rotatable bonds is 4. The molecule has 5 nitrogen and oxygen atoms in total. The lowest BCUT2D eigenvalue weighted by atomic mass is 9.92. The second kappa shape index (κ2) is 5.81. The van der Waals surface area contributed by atoms with Crippen LogP contribution in [0.4, 0.5) is 0 Å². The predicted octanol–water partition coefficient (Wildman–Crippen LogP) is 3.01. The first-order valence-corrected chi connectivity index (χ1v) is 8.54. The van der Waals surface area contributed by atoms with E-state index in [1.807, 2.05) is 23.1 Å². The molecule has 1 saturated carbocycles. The van der Waals surface area contributed by atoms with Crippen molar-refractivity contribution in [3.8, 4) is 5.75 Å². The summed E-state index contributed by atoms with van der Waals surface area (Å²) in [6.45, 7) is 4.11. The van der Waals surface area contributed by atoms with Gasteiger partial charge < -0.3 is 18.8 Å². The van der Waals surface area contributed by atoms with E-state index in [9.17, 15) is 4.79 Å². The van der Waals surface area contributed by atoms with Gasteiger partial charge in [-0.2, -0.15) is 0 Å². The van der Waals surface area contributed by atoms with Crippen LogP contribution in [0.15, 0.2) is 28.9 Å². The Morgan fingerprint density at radius 1 is 1.42 bits per heavy atom. The summed E-state index contributed by atoms with van der Waals surface area (Å²) < 4.78 is 16.5. The molecular formula is C19H23NO4. The molecule has 1 amide bonds. The lowest BCUT2D eigenvalue weighted by Gasteiger charge is -2.45. The van der Waals surface area contributed by atoms with Crippen molar-refractivity contribution in [1.82, 2.24) is 4.90 Å². The van der Waals surface area contributed by atoms with Gasteiger partial charge in [-0.05, 0) is 37.8 Å². The number of carbonyl (C=O) groups excluding carboxylic acids is 1. The first-order chi connectivity index (χ1) is 11.6. The second-order valence-electron chi connectivity index (χ2n) is 7.03. The molecule has 0 N–H and O–H groups in total. The van der Waals surface area contributed by atoms with Gasteiger partial charge in [0.1, 0.15) is 11.3 Å². The highest BCUT2D eigenvalue weighted by atomic mass is 16.5. The number of carbonyl (C=O) groups is 1. The van der Waals surface area contributed by atoms with Crippen LogP contribution in [0.5, 0.6) is 5.75 Å². The van der Waals surface area contributed by atoms with Crippen LogP contribution >= 0.6 is 0 Å². The fraction of sp³-hybridized carbons (Fsp3) is 0.526. The van der Waals surface area contributed by atoms with Gasteiger partial charge in [0.25, 0.3) is 0 Å². The molecule has 0 spiro atoms. The van der Waals surface area contributed by atoms with Crippen LogP contribution in [0.25, 0.3) is 11.0 Å². The third-order valence-electron chi connectivity index (χ3n) is 5.43. The number of benzene rings is 1. The van der Waals surface area contributed by atoms with Crippen LogP contribution in [0.3, 0.4) is 0 Å². The SMILES string of the molecule is COc1ccc2c(CC(=O)N3CCOCC3(C)C3CC3)coc2c1. The van der Waals surface area contributed by atoms with Crippen molar-refractivity contribution in [2.24, 2.45) is 5.92 Å². The van der Waals surface area contributed by atoms with Crippen LogP contribution in [0.2, 0.25) is 0 Å². The molecule has 1 atom stereocenters. The Balaban J connectivity index is 1.57. The van der Waals surface area contributed by atoms with Gasteiger partial charge in [0, 0.05) is 23.6 Å². The summed E-state index contributed by atoms with van der Waals surface area (Å²) in [5, 5.41) is 0.977. The number of hydrogen-bond donors (Lipinski definition) is 0. The Morgan fingerprint density at radius 3 is 3.00 bits per heavy atom. The van der Waals surface area contributed by atoms with Gasteiger partial charge in [-0.25, -0.2) is 0 Å². The molecule has 1 aromatic heterocycles. The van der Waals surface area contributed by atoms with Crippen LogP contribution < -0.4 is 4.74 Å². The molecule has 0 radical (unpaired) electrons. The number of nitrogens with zero attached hydrogens (tertiary/aromatic N) is 1. The van der Waals surface area contributed by atoms with E-state index < -0.39 is 0 Å². The zero-order valence-corrected chi connectivity index (χ0v) is 14.2. The number of fused-ring (bicyclic) bond motifs is 1. The highest BCUT2D eigenvalue weighted by Crippen LogP contribution is 2.44. The smallest absolute Gasteiger partial charge is 0.227 e. The highest BCUT2D eigenvalue weighted by molar-refractivity contribution is 5.88. The summed E-state index contributed by atoms with van der Waals surface area (Å²) in [6.07, 6.45) is 4.44. The van der Waals surface area contributed by atoms with E-state index in [0.717, 1.165) is 22.3 Å². The predicted molar refractivity (Wildman–Crippen MR) is 90.1 cm³/mol. The molecule has 1 unspecified atom stereocenters. The topological polar surface area (TPSA) is 51.9 Å². The Bertz CT molecular complexity index is 764. The largest absolute Gasteiger partial charge is 0.497 e. The van der Waals surface area contributed by atoms with E-state index in [0.29, 0.717) is 32.1 Å². The maximum Gasteiger partial charge on any atom is 0.227 e. The first-order valence-electron chi connectivity index (χ1n) is 8.54. The Hall–Kier alpha value is -2.01. The molecule has 2 aromatic rings. The van der Waals surface area contributed by atoms with Gasteiger partial charge in [0.2, 0.25) is 5.91 Å². The van der Waals surface area contributed by atoms with E-state index >= 15 is 0 Å². The monoisotopic (exact) mass is 329 g/mol. The molecule has 5 heteroatoms. The third-order valence-corrected chi connectivity index (χ3v) is 5.43. The lowest BCUT2D eigenvalue weighted by Crippen LogP contribution is -2.59. The molecule has 1 saturated heterocycles. The van der Waals surface area contributed by atoms with Gasteiger partial charge in [-0.15, -0.1) is 0 Å². The maximum absolute atomic E-state index is 13.0. The van der Waals surface area contributed by atoms with Crippen LogP contribution in [-0.4, -0.2) is 43.2 Å². The molecular weight excluding hydrogens is 306 g/mol. The van der Waals surface area contributed by atoms with Crippen LogP contribution in [0.1, 0.15) is 25.3 Å². The van der Waals surface area contributed by atoms with Crippen molar-refractivity contribution < 1.29 is 18.7 Å². The minimum absolute atomic E-state index is 0.155. The van der Waals surface area contributed by atoms with Gasteiger partial charge in [-0.3, -0.25) is 4.79 Å². The van der Waals surface area contributed by atoms with Crippen molar-refractivity contribution in [2.45, 2.75) is 31.7 Å². The Morgan fingerprint density at radius 2 is 2.25 bits per heavy atom. The molecule has 128 valence electrons. The van der Waals surface area contributed by atoms with Crippen molar-refractivity contribution in [1.29, 1.82) is 0 Å². The molecule has 1 aliphatic heterocycles. The summed E-state index contributed by atoms with van der Waals surface area (Å²) in [5.41, 5.74) is 1.53. The Kier molecular flexibility index (Phi) is 3.76. The lowest BCUT2D eigenvalue weighted by molar-refractivity contribution is -0.149. The van der Waals surface area contributed by atoms with E-state index in [1.54, 1.807) is 13.4 Å². The number of amides is 1. The maximum atomic E-state index is 13.0. The van der Waals surface area contributed by atoms with E-state index in [-0.39, 0.29) is 11.4 Å². The first kappa shape index (κ1) is 15.5. The quantitative estimate of drug-likeness (QED) is 0.865. The zero-order chi connectivity index (χ0) is 16.7. The number of methoxy groups -OCH3 is 1. The van der Waals surface area contributed by atoms with E-state index in [4.69, 9.17) is 13.9 Å². The van der Waals surface area contributed by atoms with Gasteiger partial charge in [0.05, 0.1) is 38.5 Å². The number of morpholine rings is 1. The van der Waals surface area contributed by atoms with Crippen LogP contribution in [0, 0.1) is 5.92 Å². The average molecular weight is 329 g/mol. The summed E-state index contributed by atoms with van der Waals surface area (Å²) in [4.78, 5) is 15.0. The van der Waals surface area contributed by atoms with Gasteiger partial charge >= 0.3 is 0 Å². The van der Waals surface area contributed by atoms with Gasteiger partial charge in [0.15, 0.2) is 0 Å². The fourth-order valence-corrected chi connectivity index (χ4v) is 3.81. The normalized spacial score (nSPS) is 24.3. The molecule has 0 bridgehead atoms. The zero-order valence-electron chi connectivity index (χ0n) is 14.2. The summed E-state index contributed by atoms with van der Waals surface area (Å²) >= 11 is 0. The van der Waals surface area contributed by atoms with Crippen molar-refractivity contribution in [3.05, 3.63) is 30.0 Å². The minimum Gasteiger partial charge on any atom is -0.497 e. The fourth-order valence-electron chi connectivity index (χ4n) is 3.81. The molecule has 24 heavy (non-hydrogen) atoms. The standard InChI is InChI=1S/C19H23NO4/c1-19(14-3-4-14)12-23-8-7-20(19)18(21)9-13-11-24-17-10-15(22-2)5-6-16(13)17/h5-6,10-11,14H,3-4,7-9,12H2,1-2H3. The van der Waals surface area contributed by atoms with E-state index in [1.165, 1.54) is 12.8 Å². The number of ether oxygens (including phenoxy) is 2. The van der Waals surface area contributed by atoms with Crippen LogP contribution in [-0.2, 0) is 16.0 Å². The summed E-state index contributed by atoms with van der Waals surface area (Å²) in [6, 6.07) is 5.71. The molecule has 2 fully saturated rings. The summed E-state index contributed by atoms with van der Waals surface area (Å²) in [7, 11) is 1.63. The molecule has 2 heterocycles. The molecule has 2 aliphatic rings. The second-order valence-corrected chi connectivity index (χ2v) is 7.03. The van der Waals surface area contributed by atoms with Crippen molar-refractivity contribution in [3.63, 3.8) is 0 Å². The van der Waals surface area contributed by atoms with Gasteiger partial charge in [-0.1, -0.05) is 0 Å². The Labute approximate surface area is 141 Å².